The normalized spacial score (nSPS) is 12.5. The minimum Gasteiger partial charge on any atom is -0.454 e. The van der Waals surface area contributed by atoms with Crippen molar-refractivity contribution in [2.24, 2.45) is 0 Å². The summed E-state index contributed by atoms with van der Waals surface area (Å²) in [6.07, 6.45) is 4.72. The van der Waals surface area contributed by atoms with Gasteiger partial charge in [0, 0.05) is 37.3 Å². The monoisotopic (exact) mass is 528 g/mol. The third-order valence-electron chi connectivity index (χ3n) is 7.55. The summed E-state index contributed by atoms with van der Waals surface area (Å²) in [6, 6.07) is 23.6. The van der Waals surface area contributed by atoms with Gasteiger partial charge in [-0.3, -0.25) is 9.69 Å². The molecule has 5 nitrogen and oxygen atoms in total. The molecule has 3 aromatic carbocycles. The SMILES string of the molecule is CCCCCc1ccc(C(=O)N(CCN(C(C)C)C(C)C)Cc2ccc(-c3ccc4c(c3)OCO4)cc2)cc1. The highest BCUT2D eigenvalue weighted by Gasteiger charge is 2.20. The van der Waals surface area contributed by atoms with Crippen LogP contribution in [0.5, 0.6) is 11.5 Å². The summed E-state index contributed by atoms with van der Waals surface area (Å²) >= 11 is 0. The van der Waals surface area contributed by atoms with Gasteiger partial charge in [-0.05, 0) is 87.1 Å². The van der Waals surface area contributed by atoms with Gasteiger partial charge in [-0.15, -0.1) is 0 Å². The summed E-state index contributed by atoms with van der Waals surface area (Å²) in [5.41, 5.74) is 5.37. The Morgan fingerprint density at radius 1 is 0.769 bits per heavy atom. The van der Waals surface area contributed by atoms with Crippen molar-refractivity contribution in [3.05, 3.63) is 83.4 Å². The molecule has 0 aliphatic carbocycles. The van der Waals surface area contributed by atoms with Gasteiger partial charge < -0.3 is 14.4 Å². The van der Waals surface area contributed by atoms with Crippen LogP contribution in [0.1, 0.15) is 75.4 Å². The van der Waals surface area contributed by atoms with Gasteiger partial charge in [0.05, 0.1) is 0 Å². The van der Waals surface area contributed by atoms with E-state index in [4.69, 9.17) is 9.47 Å². The van der Waals surface area contributed by atoms with Gasteiger partial charge in [0.2, 0.25) is 6.79 Å². The van der Waals surface area contributed by atoms with Crippen molar-refractivity contribution in [3.8, 4) is 22.6 Å². The lowest BCUT2D eigenvalue weighted by molar-refractivity contribution is 0.0693. The molecule has 0 fully saturated rings. The Labute approximate surface area is 234 Å². The Hall–Kier alpha value is -3.31. The van der Waals surface area contributed by atoms with Crippen molar-refractivity contribution in [1.29, 1.82) is 0 Å². The molecule has 0 bridgehead atoms. The van der Waals surface area contributed by atoms with E-state index in [9.17, 15) is 4.79 Å². The first kappa shape index (κ1) is 28.7. The molecule has 39 heavy (non-hydrogen) atoms. The average Bonchev–Trinajstić information content (AvgIpc) is 3.41. The predicted molar refractivity (Wildman–Crippen MR) is 159 cm³/mol. The zero-order valence-electron chi connectivity index (χ0n) is 24.3. The van der Waals surface area contributed by atoms with Crippen LogP contribution in [0.4, 0.5) is 0 Å². The van der Waals surface area contributed by atoms with Crippen molar-refractivity contribution < 1.29 is 14.3 Å². The second-order valence-electron chi connectivity index (χ2n) is 11.1. The molecule has 0 aromatic heterocycles. The van der Waals surface area contributed by atoms with E-state index in [1.54, 1.807) is 0 Å². The Morgan fingerprint density at radius 3 is 2.08 bits per heavy atom. The van der Waals surface area contributed by atoms with Crippen LogP contribution < -0.4 is 9.47 Å². The first-order chi connectivity index (χ1) is 18.9. The molecule has 3 aromatic rings. The van der Waals surface area contributed by atoms with Gasteiger partial charge in [-0.1, -0.05) is 62.2 Å². The predicted octanol–water partition coefficient (Wildman–Crippen LogP) is 7.58. The zero-order chi connectivity index (χ0) is 27.8. The molecule has 5 heteroatoms. The smallest absolute Gasteiger partial charge is 0.254 e. The lowest BCUT2D eigenvalue weighted by atomic mass is 10.0. The summed E-state index contributed by atoms with van der Waals surface area (Å²) in [7, 11) is 0. The highest BCUT2D eigenvalue weighted by atomic mass is 16.7. The fourth-order valence-corrected chi connectivity index (χ4v) is 5.28. The number of unbranched alkanes of at least 4 members (excludes halogenated alkanes) is 2. The van der Waals surface area contributed by atoms with Crippen molar-refractivity contribution in [2.45, 2.75) is 78.9 Å². The number of amides is 1. The summed E-state index contributed by atoms with van der Waals surface area (Å²) < 4.78 is 11.0. The number of benzene rings is 3. The molecule has 1 amide bonds. The van der Waals surface area contributed by atoms with E-state index >= 15 is 0 Å². The fourth-order valence-electron chi connectivity index (χ4n) is 5.28. The number of hydrogen-bond donors (Lipinski definition) is 0. The van der Waals surface area contributed by atoms with Crippen molar-refractivity contribution in [3.63, 3.8) is 0 Å². The van der Waals surface area contributed by atoms with Gasteiger partial charge in [-0.2, -0.15) is 0 Å². The van der Waals surface area contributed by atoms with Crippen molar-refractivity contribution >= 4 is 5.91 Å². The van der Waals surface area contributed by atoms with Crippen LogP contribution in [0.3, 0.4) is 0 Å². The minimum absolute atomic E-state index is 0.0856. The fraction of sp³-hybridized carbons (Fsp3) is 0.441. The standard InChI is InChI=1S/C34H44N2O3/c1-6-7-8-9-27-10-16-30(17-11-27)34(37)35(20-21-36(25(2)3)26(4)5)23-28-12-14-29(15-13-28)31-18-19-32-33(22-31)39-24-38-32/h10-19,22,25-26H,6-9,20-21,23-24H2,1-5H3. The highest BCUT2D eigenvalue weighted by Crippen LogP contribution is 2.36. The third-order valence-corrected chi connectivity index (χ3v) is 7.55. The quantitative estimate of drug-likeness (QED) is 0.215. The Morgan fingerprint density at radius 2 is 1.41 bits per heavy atom. The van der Waals surface area contributed by atoms with E-state index in [0.29, 0.717) is 25.2 Å². The van der Waals surface area contributed by atoms with Crippen LogP contribution in [-0.4, -0.2) is 47.7 Å². The molecular formula is C34H44N2O3. The molecule has 208 valence electrons. The van der Waals surface area contributed by atoms with Crippen LogP contribution in [0, 0.1) is 0 Å². The average molecular weight is 529 g/mol. The minimum atomic E-state index is 0.0856. The zero-order valence-corrected chi connectivity index (χ0v) is 24.3. The molecule has 0 saturated heterocycles. The maximum atomic E-state index is 13.8. The number of nitrogens with zero attached hydrogens (tertiary/aromatic N) is 2. The highest BCUT2D eigenvalue weighted by molar-refractivity contribution is 5.94. The number of rotatable bonds is 13. The van der Waals surface area contributed by atoms with Crippen LogP contribution in [0.25, 0.3) is 11.1 Å². The van der Waals surface area contributed by atoms with E-state index in [-0.39, 0.29) is 12.7 Å². The molecular weight excluding hydrogens is 484 g/mol. The summed E-state index contributed by atoms with van der Waals surface area (Å²) in [5, 5.41) is 0. The molecule has 1 heterocycles. The van der Waals surface area contributed by atoms with Crippen LogP contribution in [0.15, 0.2) is 66.7 Å². The van der Waals surface area contributed by atoms with Crippen molar-refractivity contribution in [2.75, 3.05) is 19.9 Å². The van der Waals surface area contributed by atoms with E-state index < -0.39 is 0 Å². The number of ether oxygens (including phenoxy) is 2. The Bertz CT molecular complexity index is 1190. The van der Waals surface area contributed by atoms with E-state index in [1.165, 1.54) is 24.8 Å². The number of fused-ring (bicyclic) bond motifs is 1. The second-order valence-corrected chi connectivity index (χ2v) is 11.1. The third kappa shape index (κ3) is 7.63. The number of hydrogen-bond acceptors (Lipinski definition) is 4. The van der Waals surface area contributed by atoms with Gasteiger partial charge in [0.1, 0.15) is 0 Å². The summed E-state index contributed by atoms with van der Waals surface area (Å²) in [5.74, 6) is 1.65. The van der Waals surface area contributed by atoms with E-state index in [1.807, 2.05) is 29.2 Å². The first-order valence-corrected chi connectivity index (χ1v) is 14.5. The maximum Gasteiger partial charge on any atom is 0.254 e. The summed E-state index contributed by atoms with van der Waals surface area (Å²) in [4.78, 5) is 18.2. The Balaban J connectivity index is 1.49. The van der Waals surface area contributed by atoms with Gasteiger partial charge in [0.25, 0.3) is 5.91 Å². The van der Waals surface area contributed by atoms with Crippen molar-refractivity contribution in [1.82, 2.24) is 9.80 Å². The molecule has 1 aliphatic rings. The number of carbonyl (C=O) groups is 1. The lowest BCUT2D eigenvalue weighted by Gasteiger charge is -2.33. The molecule has 0 spiro atoms. The van der Waals surface area contributed by atoms with Crippen LogP contribution in [0.2, 0.25) is 0 Å². The molecule has 0 radical (unpaired) electrons. The molecule has 0 atom stereocenters. The molecule has 4 rings (SSSR count). The number of aryl methyl sites for hydroxylation is 1. The van der Waals surface area contributed by atoms with Gasteiger partial charge in [-0.25, -0.2) is 0 Å². The topological polar surface area (TPSA) is 42.0 Å². The maximum absolute atomic E-state index is 13.8. The summed E-state index contributed by atoms with van der Waals surface area (Å²) in [6.45, 7) is 13.5. The molecule has 0 saturated carbocycles. The van der Waals surface area contributed by atoms with Crippen LogP contribution in [-0.2, 0) is 13.0 Å². The second kappa shape index (κ2) is 13.7. The largest absolute Gasteiger partial charge is 0.454 e. The molecule has 0 unspecified atom stereocenters. The van der Waals surface area contributed by atoms with Gasteiger partial charge in [0.15, 0.2) is 11.5 Å². The van der Waals surface area contributed by atoms with Gasteiger partial charge >= 0.3 is 0 Å². The first-order valence-electron chi connectivity index (χ1n) is 14.5. The van der Waals surface area contributed by atoms with Crippen LogP contribution >= 0.6 is 0 Å². The lowest BCUT2D eigenvalue weighted by Crippen LogP contribution is -2.44. The molecule has 1 aliphatic heterocycles. The van der Waals surface area contributed by atoms with E-state index in [2.05, 4.69) is 82.0 Å². The Kier molecular flexibility index (Phi) is 10.0. The van der Waals surface area contributed by atoms with E-state index in [0.717, 1.165) is 46.7 Å². The molecule has 0 N–H and O–H groups in total. The number of carbonyl (C=O) groups excluding carboxylic acids is 1.